The monoisotopic (exact) mass is 652 g/mol. The maximum atomic E-state index is 13.8. The standard InChI is InChI=1S/C33H44N6O8/c1-20(2)28(32(46)37-24(29(43)35-18-27(41)42)16-21-10-5-3-6-11-21)38-30(44)25(17-22-12-7-4-8-13-22)36-31(45)26-14-9-15-39(26)33(47)23(34)19-40/h3-8,10-13,20,23-26,28,40H,9,14-19,34H2,1-2H3,(H,35,43)(H,36,45)(H,37,46)(H,38,44)(H,41,42). The van der Waals surface area contributed by atoms with E-state index < -0.39 is 84.8 Å². The number of nitrogens with two attached hydrogens (primary N) is 1. The Morgan fingerprint density at radius 1 is 0.830 bits per heavy atom. The average Bonchev–Trinajstić information content (AvgIpc) is 3.55. The molecule has 254 valence electrons. The van der Waals surface area contributed by atoms with Crippen molar-refractivity contribution in [3.8, 4) is 0 Å². The van der Waals surface area contributed by atoms with Crippen LogP contribution in [0.5, 0.6) is 0 Å². The first kappa shape index (κ1) is 36.6. The summed E-state index contributed by atoms with van der Waals surface area (Å²) in [4.78, 5) is 78.9. The van der Waals surface area contributed by atoms with Crippen LogP contribution < -0.4 is 27.0 Å². The van der Waals surface area contributed by atoms with Crippen molar-refractivity contribution in [1.82, 2.24) is 26.2 Å². The molecule has 1 aliphatic rings. The number of hydrogen-bond acceptors (Lipinski definition) is 8. The summed E-state index contributed by atoms with van der Waals surface area (Å²) in [5, 5.41) is 28.8. The van der Waals surface area contributed by atoms with E-state index in [1.807, 2.05) is 0 Å². The van der Waals surface area contributed by atoms with Crippen LogP contribution in [0.15, 0.2) is 60.7 Å². The van der Waals surface area contributed by atoms with Crippen molar-refractivity contribution in [2.24, 2.45) is 11.7 Å². The van der Waals surface area contributed by atoms with Crippen molar-refractivity contribution >= 4 is 35.5 Å². The molecule has 0 radical (unpaired) electrons. The normalized spacial score (nSPS) is 16.8. The highest BCUT2D eigenvalue weighted by atomic mass is 16.4. The molecule has 2 aromatic carbocycles. The van der Waals surface area contributed by atoms with Crippen LogP contribution in [0.2, 0.25) is 0 Å². The molecule has 0 bridgehead atoms. The lowest BCUT2D eigenvalue weighted by Crippen LogP contribution is -2.60. The Morgan fingerprint density at radius 3 is 1.89 bits per heavy atom. The van der Waals surface area contributed by atoms with E-state index in [4.69, 9.17) is 10.8 Å². The summed E-state index contributed by atoms with van der Waals surface area (Å²) in [6.07, 6.45) is 1.03. The summed E-state index contributed by atoms with van der Waals surface area (Å²) < 4.78 is 0. The Hall–Kier alpha value is -4.82. The van der Waals surface area contributed by atoms with Crippen LogP contribution in [0.4, 0.5) is 0 Å². The summed E-state index contributed by atoms with van der Waals surface area (Å²) in [7, 11) is 0. The van der Waals surface area contributed by atoms with E-state index in [0.717, 1.165) is 11.1 Å². The average molecular weight is 653 g/mol. The third-order valence-corrected chi connectivity index (χ3v) is 7.84. The lowest BCUT2D eigenvalue weighted by atomic mass is 9.99. The van der Waals surface area contributed by atoms with Crippen LogP contribution in [0.1, 0.15) is 37.8 Å². The summed E-state index contributed by atoms with van der Waals surface area (Å²) in [6, 6.07) is 12.3. The fourth-order valence-corrected chi connectivity index (χ4v) is 5.32. The zero-order chi connectivity index (χ0) is 34.5. The molecule has 1 aliphatic heterocycles. The Balaban J connectivity index is 1.80. The molecule has 2 aromatic rings. The zero-order valence-electron chi connectivity index (χ0n) is 26.6. The van der Waals surface area contributed by atoms with Gasteiger partial charge in [0.05, 0.1) is 6.61 Å². The predicted octanol–water partition coefficient (Wildman–Crippen LogP) is -0.906. The number of nitrogens with one attached hydrogen (secondary N) is 4. The number of carbonyl (C=O) groups is 6. The molecule has 5 atom stereocenters. The Kier molecular flexibility index (Phi) is 13.8. The molecule has 47 heavy (non-hydrogen) atoms. The van der Waals surface area contributed by atoms with Gasteiger partial charge in [-0.25, -0.2) is 0 Å². The fraction of sp³-hybridized carbons (Fsp3) is 0.455. The predicted molar refractivity (Wildman–Crippen MR) is 171 cm³/mol. The number of aliphatic hydroxyl groups is 1. The molecule has 5 unspecified atom stereocenters. The smallest absolute Gasteiger partial charge is 0.322 e. The van der Waals surface area contributed by atoms with Crippen molar-refractivity contribution in [3.05, 3.63) is 71.8 Å². The second kappa shape index (κ2) is 17.8. The first-order valence-corrected chi connectivity index (χ1v) is 15.6. The van der Waals surface area contributed by atoms with Gasteiger partial charge in [-0.05, 0) is 29.9 Å². The van der Waals surface area contributed by atoms with Gasteiger partial charge < -0.3 is 42.1 Å². The number of carbonyl (C=O) groups excluding carboxylic acids is 5. The van der Waals surface area contributed by atoms with Gasteiger partial charge in [-0.15, -0.1) is 0 Å². The second-order valence-corrected chi connectivity index (χ2v) is 11.8. The van der Waals surface area contributed by atoms with Crippen LogP contribution in [-0.4, -0.2) is 101 Å². The first-order valence-electron chi connectivity index (χ1n) is 15.6. The maximum Gasteiger partial charge on any atom is 0.322 e. The molecular formula is C33H44N6O8. The summed E-state index contributed by atoms with van der Waals surface area (Å²) in [6.45, 7) is 2.48. The lowest BCUT2D eigenvalue weighted by molar-refractivity contribution is -0.141. The fourth-order valence-electron chi connectivity index (χ4n) is 5.32. The molecule has 1 saturated heterocycles. The van der Waals surface area contributed by atoms with Gasteiger partial charge >= 0.3 is 5.97 Å². The minimum absolute atomic E-state index is 0.0695. The van der Waals surface area contributed by atoms with Gasteiger partial charge in [0.1, 0.15) is 36.8 Å². The SMILES string of the molecule is CC(C)C(NC(=O)C(Cc1ccccc1)NC(=O)C1CCCN1C(=O)C(N)CO)C(=O)NC(Cc1ccccc1)C(=O)NCC(=O)O. The highest BCUT2D eigenvalue weighted by Crippen LogP contribution is 2.19. The van der Waals surface area contributed by atoms with Crippen molar-refractivity contribution in [2.75, 3.05) is 19.7 Å². The molecule has 0 aliphatic carbocycles. The largest absolute Gasteiger partial charge is 0.480 e. The number of aliphatic hydroxyl groups excluding tert-OH is 1. The van der Waals surface area contributed by atoms with Gasteiger partial charge in [0.15, 0.2) is 0 Å². The highest BCUT2D eigenvalue weighted by Gasteiger charge is 2.38. The molecule has 14 heteroatoms. The molecule has 3 rings (SSSR count). The zero-order valence-corrected chi connectivity index (χ0v) is 26.6. The van der Waals surface area contributed by atoms with Crippen LogP contribution in [0.3, 0.4) is 0 Å². The number of benzene rings is 2. The summed E-state index contributed by atoms with van der Waals surface area (Å²) in [5.41, 5.74) is 7.18. The molecule has 1 heterocycles. The number of nitrogens with zero attached hydrogens (tertiary/aromatic N) is 1. The molecule has 0 saturated carbocycles. The van der Waals surface area contributed by atoms with Gasteiger partial charge in [0.2, 0.25) is 29.5 Å². The van der Waals surface area contributed by atoms with Crippen molar-refractivity contribution in [2.45, 2.75) is 69.7 Å². The van der Waals surface area contributed by atoms with Gasteiger partial charge in [0, 0.05) is 19.4 Å². The summed E-state index contributed by atoms with van der Waals surface area (Å²) >= 11 is 0. The molecule has 14 nitrogen and oxygen atoms in total. The van der Waals surface area contributed by atoms with E-state index in [9.17, 15) is 33.9 Å². The number of amides is 5. The number of carboxylic acids is 1. The molecule has 8 N–H and O–H groups in total. The number of carboxylic acid groups (broad SMARTS) is 1. The molecule has 5 amide bonds. The van der Waals surface area contributed by atoms with Gasteiger partial charge in [-0.3, -0.25) is 28.8 Å². The third-order valence-electron chi connectivity index (χ3n) is 7.84. The van der Waals surface area contributed by atoms with E-state index in [2.05, 4.69) is 21.3 Å². The molecule has 0 spiro atoms. The number of likely N-dealkylation sites (tertiary alicyclic amines) is 1. The number of hydrogen-bond donors (Lipinski definition) is 7. The van der Waals surface area contributed by atoms with Gasteiger partial charge in [-0.2, -0.15) is 0 Å². The van der Waals surface area contributed by atoms with Crippen LogP contribution in [0, 0.1) is 5.92 Å². The van der Waals surface area contributed by atoms with Crippen LogP contribution in [0.25, 0.3) is 0 Å². The second-order valence-electron chi connectivity index (χ2n) is 11.8. The highest BCUT2D eigenvalue weighted by molar-refractivity contribution is 5.96. The van der Waals surface area contributed by atoms with E-state index in [-0.39, 0.29) is 19.4 Å². The lowest BCUT2D eigenvalue weighted by Gasteiger charge is -2.29. The van der Waals surface area contributed by atoms with E-state index >= 15 is 0 Å². The van der Waals surface area contributed by atoms with Crippen molar-refractivity contribution in [1.29, 1.82) is 0 Å². The van der Waals surface area contributed by atoms with Gasteiger partial charge in [0.25, 0.3) is 0 Å². The van der Waals surface area contributed by atoms with Crippen LogP contribution >= 0.6 is 0 Å². The molecule has 1 fully saturated rings. The Labute approximate surface area is 273 Å². The first-order chi connectivity index (χ1) is 22.4. The minimum atomic E-state index is -1.25. The van der Waals surface area contributed by atoms with E-state index in [0.29, 0.717) is 12.8 Å². The van der Waals surface area contributed by atoms with E-state index in [1.165, 1.54) is 4.90 Å². The quantitative estimate of drug-likeness (QED) is 0.119. The summed E-state index contributed by atoms with van der Waals surface area (Å²) in [5.74, 6) is -4.87. The third kappa shape index (κ3) is 10.9. The van der Waals surface area contributed by atoms with E-state index in [1.54, 1.807) is 74.5 Å². The minimum Gasteiger partial charge on any atom is -0.480 e. The van der Waals surface area contributed by atoms with Crippen molar-refractivity contribution < 1.29 is 39.0 Å². The molecular weight excluding hydrogens is 608 g/mol. The van der Waals surface area contributed by atoms with Gasteiger partial charge in [-0.1, -0.05) is 74.5 Å². The molecule has 0 aromatic heterocycles. The van der Waals surface area contributed by atoms with Crippen LogP contribution in [-0.2, 0) is 41.6 Å². The van der Waals surface area contributed by atoms with Crippen molar-refractivity contribution in [3.63, 3.8) is 0 Å². The number of aliphatic carboxylic acids is 1. The Bertz CT molecular complexity index is 1390. The number of rotatable bonds is 16. The Morgan fingerprint density at radius 2 is 1.38 bits per heavy atom. The topological polar surface area (TPSA) is 220 Å². The maximum absolute atomic E-state index is 13.8.